The zero-order valence-electron chi connectivity index (χ0n) is 15.6. The smallest absolute Gasteiger partial charge is 0.276 e. The molecule has 0 fully saturated rings. The van der Waals surface area contributed by atoms with Gasteiger partial charge in [-0.3, -0.25) is 9.69 Å². The summed E-state index contributed by atoms with van der Waals surface area (Å²) >= 11 is 0. The fourth-order valence-electron chi connectivity index (χ4n) is 2.70. The molecule has 1 heterocycles. The van der Waals surface area contributed by atoms with Crippen LogP contribution in [-0.2, 0) is 6.54 Å². The molecule has 140 valence electrons. The number of carbonyl (C=O) groups is 1. The molecule has 0 unspecified atom stereocenters. The van der Waals surface area contributed by atoms with Crippen molar-refractivity contribution in [3.05, 3.63) is 65.9 Å². The molecule has 7 heteroatoms. The van der Waals surface area contributed by atoms with Gasteiger partial charge in [-0.05, 0) is 49.1 Å². The Kier molecular flexibility index (Phi) is 5.42. The molecule has 0 aliphatic rings. The van der Waals surface area contributed by atoms with Crippen molar-refractivity contribution in [3.63, 3.8) is 0 Å². The Bertz CT molecular complexity index is 944. The number of benzene rings is 2. The molecule has 1 amide bonds. The summed E-state index contributed by atoms with van der Waals surface area (Å²) in [7, 11) is 5.54. The molecule has 27 heavy (non-hydrogen) atoms. The van der Waals surface area contributed by atoms with E-state index < -0.39 is 0 Å². The van der Waals surface area contributed by atoms with Gasteiger partial charge in [0.1, 0.15) is 5.69 Å². The largest absolute Gasteiger partial charge is 0.367 e. The SMILES string of the molecule is CN(C)Cc1cccc(ON=C(N)N(C)C(=O)c2cc3ccccc3[nH]2)c1. The summed E-state index contributed by atoms with van der Waals surface area (Å²) < 4.78 is 0. The van der Waals surface area contributed by atoms with E-state index in [0.29, 0.717) is 11.4 Å². The first-order valence-corrected chi connectivity index (χ1v) is 8.54. The van der Waals surface area contributed by atoms with Crippen molar-refractivity contribution in [2.75, 3.05) is 21.1 Å². The van der Waals surface area contributed by atoms with Crippen LogP contribution in [0, 0.1) is 0 Å². The third-order valence-corrected chi connectivity index (χ3v) is 4.05. The molecule has 2 aromatic carbocycles. The van der Waals surface area contributed by atoms with Crippen molar-refractivity contribution in [1.29, 1.82) is 0 Å². The number of guanidine groups is 1. The van der Waals surface area contributed by atoms with E-state index in [0.717, 1.165) is 23.0 Å². The number of amides is 1. The molecule has 3 aromatic rings. The van der Waals surface area contributed by atoms with Gasteiger partial charge in [-0.2, -0.15) is 0 Å². The quantitative estimate of drug-likeness (QED) is 0.413. The lowest BCUT2D eigenvalue weighted by atomic mass is 10.2. The Morgan fingerprint density at radius 2 is 1.89 bits per heavy atom. The van der Waals surface area contributed by atoms with Crippen LogP contribution in [0.2, 0.25) is 0 Å². The summed E-state index contributed by atoms with van der Waals surface area (Å²) in [5.74, 6) is 0.234. The number of nitrogens with zero attached hydrogens (tertiary/aromatic N) is 3. The third kappa shape index (κ3) is 4.45. The van der Waals surface area contributed by atoms with Gasteiger partial charge in [-0.15, -0.1) is 0 Å². The van der Waals surface area contributed by atoms with E-state index in [2.05, 4.69) is 15.0 Å². The molecule has 0 bridgehead atoms. The lowest BCUT2D eigenvalue weighted by molar-refractivity contribution is 0.0861. The number of H-pyrrole nitrogens is 1. The molecule has 0 saturated carbocycles. The van der Waals surface area contributed by atoms with E-state index in [1.165, 1.54) is 4.90 Å². The number of oxime groups is 1. The van der Waals surface area contributed by atoms with Crippen LogP contribution in [0.15, 0.2) is 59.8 Å². The topological polar surface area (TPSA) is 86.9 Å². The van der Waals surface area contributed by atoms with Gasteiger partial charge < -0.3 is 20.5 Å². The fourth-order valence-corrected chi connectivity index (χ4v) is 2.70. The molecular weight excluding hydrogens is 342 g/mol. The summed E-state index contributed by atoms with van der Waals surface area (Å²) in [4.78, 5) is 24.4. The van der Waals surface area contributed by atoms with E-state index in [1.807, 2.05) is 56.6 Å². The average molecular weight is 365 g/mol. The highest BCUT2D eigenvalue weighted by molar-refractivity contribution is 6.06. The van der Waals surface area contributed by atoms with Crippen LogP contribution in [0.1, 0.15) is 16.1 Å². The zero-order chi connectivity index (χ0) is 19.4. The number of aromatic nitrogens is 1. The lowest BCUT2D eigenvalue weighted by Crippen LogP contribution is -2.39. The molecule has 3 N–H and O–H groups in total. The maximum atomic E-state index is 12.6. The maximum absolute atomic E-state index is 12.6. The van der Waals surface area contributed by atoms with E-state index in [9.17, 15) is 4.79 Å². The lowest BCUT2D eigenvalue weighted by Gasteiger charge is -2.14. The summed E-state index contributed by atoms with van der Waals surface area (Å²) in [5.41, 5.74) is 8.34. The van der Waals surface area contributed by atoms with Crippen molar-refractivity contribution in [3.8, 4) is 5.75 Å². The second-order valence-electron chi connectivity index (χ2n) is 6.56. The van der Waals surface area contributed by atoms with Gasteiger partial charge in [-0.1, -0.05) is 30.3 Å². The Hall–Kier alpha value is -3.32. The molecule has 0 aliphatic carbocycles. The summed E-state index contributed by atoms with van der Waals surface area (Å²) in [6.45, 7) is 0.787. The van der Waals surface area contributed by atoms with Crippen LogP contribution in [0.25, 0.3) is 10.9 Å². The standard InChI is InChI=1S/C20H23N5O2/c1-24(2)13-14-7-6-9-16(11-14)27-23-20(21)25(3)19(26)18-12-15-8-4-5-10-17(15)22-18/h4-12,22H,13H2,1-3H3,(H2,21,23). The van der Waals surface area contributed by atoms with Crippen molar-refractivity contribution in [1.82, 2.24) is 14.8 Å². The predicted molar refractivity (Wildman–Crippen MR) is 106 cm³/mol. The molecule has 1 aromatic heterocycles. The number of hydrogen-bond acceptors (Lipinski definition) is 4. The highest BCUT2D eigenvalue weighted by Gasteiger charge is 2.17. The van der Waals surface area contributed by atoms with E-state index in [-0.39, 0.29) is 11.9 Å². The Morgan fingerprint density at radius 3 is 2.63 bits per heavy atom. The number of hydrogen-bond donors (Lipinski definition) is 2. The van der Waals surface area contributed by atoms with Crippen molar-refractivity contribution >= 4 is 22.8 Å². The van der Waals surface area contributed by atoms with Crippen molar-refractivity contribution in [2.24, 2.45) is 10.9 Å². The Labute approximate surface area is 158 Å². The molecule has 0 atom stereocenters. The first-order chi connectivity index (χ1) is 12.9. The van der Waals surface area contributed by atoms with Crippen LogP contribution in [0.3, 0.4) is 0 Å². The fraction of sp³-hybridized carbons (Fsp3) is 0.200. The first-order valence-electron chi connectivity index (χ1n) is 8.54. The minimum Gasteiger partial charge on any atom is -0.367 e. The van der Waals surface area contributed by atoms with Gasteiger partial charge in [0.15, 0.2) is 5.75 Å². The minimum absolute atomic E-state index is 0.0309. The maximum Gasteiger partial charge on any atom is 0.276 e. The first kappa shape index (κ1) is 18.5. The zero-order valence-corrected chi connectivity index (χ0v) is 15.6. The number of fused-ring (bicyclic) bond motifs is 1. The summed E-state index contributed by atoms with van der Waals surface area (Å²) in [6.07, 6.45) is 0. The number of rotatable bonds is 5. The second kappa shape index (κ2) is 7.92. The number of carbonyl (C=O) groups excluding carboxylic acids is 1. The third-order valence-electron chi connectivity index (χ3n) is 4.05. The number of nitrogens with two attached hydrogens (primary N) is 1. The summed E-state index contributed by atoms with van der Waals surface area (Å²) in [5, 5.41) is 4.84. The Balaban J connectivity index is 1.70. The number of nitrogens with one attached hydrogen (secondary N) is 1. The molecule has 0 spiro atoms. The molecule has 7 nitrogen and oxygen atoms in total. The second-order valence-corrected chi connectivity index (χ2v) is 6.56. The summed E-state index contributed by atoms with van der Waals surface area (Å²) in [6, 6.07) is 17.0. The molecule has 0 radical (unpaired) electrons. The van der Waals surface area contributed by atoms with Crippen LogP contribution < -0.4 is 10.6 Å². The van der Waals surface area contributed by atoms with Crippen LogP contribution >= 0.6 is 0 Å². The molecule has 0 aliphatic heterocycles. The van der Waals surface area contributed by atoms with Crippen molar-refractivity contribution < 1.29 is 9.63 Å². The van der Waals surface area contributed by atoms with Gasteiger partial charge in [-0.25, -0.2) is 0 Å². The number of para-hydroxylation sites is 1. The predicted octanol–water partition coefficient (Wildman–Crippen LogP) is 2.61. The number of aromatic amines is 1. The monoisotopic (exact) mass is 365 g/mol. The molecule has 0 saturated heterocycles. The van der Waals surface area contributed by atoms with E-state index in [4.69, 9.17) is 10.6 Å². The Morgan fingerprint density at radius 1 is 1.11 bits per heavy atom. The van der Waals surface area contributed by atoms with Gasteiger partial charge in [0, 0.05) is 24.5 Å². The van der Waals surface area contributed by atoms with E-state index >= 15 is 0 Å². The van der Waals surface area contributed by atoms with Crippen molar-refractivity contribution in [2.45, 2.75) is 6.54 Å². The normalized spacial score (nSPS) is 11.8. The van der Waals surface area contributed by atoms with Crippen LogP contribution in [-0.4, -0.2) is 47.8 Å². The molecular formula is C20H23N5O2. The molecule has 3 rings (SSSR count). The van der Waals surface area contributed by atoms with Gasteiger partial charge >= 0.3 is 0 Å². The highest BCUT2D eigenvalue weighted by Crippen LogP contribution is 2.16. The van der Waals surface area contributed by atoms with Gasteiger partial charge in [0.05, 0.1) is 0 Å². The van der Waals surface area contributed by atoms with Gasteiger partial charge in [0.25, 0.3) is 5.91 Å². The van der Waals surface area contributed by atoms with Crippen LogP contribution in [0.4, 0.5) is 0 Å². The highest BCUT2D eigenvalue weighted by atomic mass is 16.6. The van der Waals surface area contributed by atoms with Crippen LogP contribution in [0.5, 0.6) is 5.75 Å². The van der Waals surface area contributed by atoms with E-state index in [1.54, 1.807) is 19.2 Å². The van der Waals surface area contributed by atoms with Gasteiger partial charge in [0.2, 0.25) is 5.96 Å². The average Bonchev–Trinajstić information content (AvgIpc) is 3.09. The minimum atomic E-state index is -0.294.